The van der Waals surface area contributed by atoms with Gasteiger partial charge in [0, 0.05) is 32.3 Å². The number of unbranched alkanes of at least 4 members (excludes halogenated alkanes) is 31. The van der Waals surface area contributed by atoms with Gasteiger partial charge in [-0.1, -0.05) is 193 Å². The van der Waals surface area contributed by atoms with E-state index in [0.29, 0.717) is 26.2 Å². The van der Waals surface area contributed by atoms with Crippen LogP contribution in [0.25, 0.3) is 0 Å². The number of carboxylic acids is 1. The molecule has 0 saturated carbocycles. The molecule has 0 heterocycles. The predicted molar refractivity (Wildman–Crippen MR) is 205 cm³/mol. The van der Waals surface area contributed by atoms with Crippen LogP contribution < -0.4 is 0 Å². The summed E-state index contributed by atoms with van der Waals surface area (Å²) >= 11 is 0. The van der Waals surface area contributed by atoms with Crippen molar-refractivity contribution in [3.05, 3.63) is 0 Å². The lowest BCUT2D eigenvalue weighted by molar-refractivity contribution is -0.137. The molecule has 47 heavy (non-hydrogen) atoms. The Morgan fingerprint density at radius 2 is 0.553 bits per heavy atom. The highest BCUT2D eigenvalue weighted by Gasteiger charge is 2.39. The van der Waals surface area contributed by atoms with Gasteiger partial charge >= 0.3 is 14.8 Å². The Hall–Kier alpha value is -0.433. The molecule has 0 amide bonds. The average molecular weight is 685 g/mol. The number of hydrogen-bond donors (Lipinski definition) is 1. The van der Waals surface area contributed by atoms with Crippen molar-refractivity contribution < 1.29 is 23.2 Å². The van der Waals surface area contributed by atoms with Crippen molar-refractivity contribution >= 4 is 14.8 Å². The first-order chi connectivity index (χ1) is 23.1. The van der Waals surface area contributed by atoms with Crippen LogP contribution >= 0.6 is 0 Å². The van der Waals surface area contributed by atoms with Crippen molar-refractivity contribution in [2.24, 2.45) is 0 Å². The lowest BCUT2D eigenvalue weighted by Gasteiger charge is -2.28. The van der Waals surface area contributed by atoms with Crippen LogP contribution in [0.2, 0.25) is 6.04 Å². The quantitative estimate of drug-likeness (QED) is 0.0513. The molecule has 0 aliphatic heterocycles. The molecule has 0 radical (unpaired) electrons. The van der Waals surface area contributed by atoms with Crippen molar-refractivity contribution in [2.45, 2.75) is 239 Å². The number of carbonyl (C=O) groups is 1. The van der Waals surface area contributed by atoms with Gasteiger partial charge in [0.1, 0.15) is 0 Å². The number of aliphatic carboxylic acids is 1. The summed E-state index contributed by atoms with van der Waals surface area (Å²) < 4.78 is 17.9. The van der Waals surface area contributed by atoms with E-state index in [2.05, 4.69) is 0 Å². The van der Waals surface area contributed by atoms with Crippen molar-refractivity contribution in [3.8, 4) is 0 Å². The Bertz CT molecular complexity index is 600. The fourth-order valence-electron chi connectivity index (χ4n) is 6.92. The van der Waals surface area contributed by atoms with Gasteiger partial charge in [-0.2, -0.15) is 0 Å². The second-order valence-corrected chi connectivity index (χ2v) is 16.9. The Morgan fingerprint density at radius 3 is 0.745 bits per heavy atom. The van der Waals surface area contributed by atoms with Gasteiger partial charge in [-0.15, -0.1) is 0 Å². The molecule has 5 nitrogen and oxygen atoms in total. The lowest BCUT2D eigenvalue weighted by Crippen LogP contribution is -2.45. The number of hydrogen-bond acceptors (Lipinski definition) is 4. The summed E-state index contributed by atoms with van der Waals surface area (Å²) in [6.45, 7) is 8.16. The van der Waals surface area contributed by atoms with Crippen molar-refractivity contribution in [3.63, 3.8) is 0 Å². The molecule has 0 bridgehead atoms. The van der Waals surface area contributed by atoms with Crippen LogP contribution in [0.15, 0.2) is 0 Å². The second-order valence-electron chi connectivity index (χ2n) is 14.2. The van der Waals surface area contributed by atoms with E-state index in [1.807, 2.05) is 20.8 Å². The first-order valence-electron chi connectivity index (χ1n) is 21.2. The van der Waals surface area contributed by atoms with Crippen LogP contribution in [0.3, 0.4) is 0 Å². The van der Waals surface area contributed by atoms with Gasteiger partial charge in [0.25, 0.3) is 0 Å². The van der Waals surface area contributed by atoms with Crippen LogP contribution in [0, 0.1) is 0 Å². The third kappa shape index (κ3) is 35.2. The maximum atomic E-state index is 10.5. The lowest BCUT2D eigenvalue weighted by atomic mass is 10.0. The molecule has 0 aromatic carbocycles. The first kappa shape index (κ1) is 46.6. The van der Waals surface area contributed by atoms with Crippen molar-refractivity contribution in [1.29, 1.82) is 0 Å². The maximum Gasteiger partial charge on any atom is 0.500 e. The number of carboxylic acid groups (broad SMARTS) is 1. The Balaban J connectivity index is 3.22. The molecule has 0 aromatic rings. The zero-order chi connectivity index (χ0) is 34.4. The van der Waals surface area contributed by atoms with Crippen molar-refractivity contribution in [1.82, 2.24) is 0 Å². The van der Waals surface area contributed by atoms with E-state index in [9.17, 15) is 4.79 Å². The molecular formula is C41H84O5Si. The number of rotatable bonds is 41. The largest absolute Gasteiger partial charge is 0.500 e. The van der Waals surface area contributed by atoms with Crippen LogP contribution in [-0.2, 0) is 18.1 Å². The molecule has 0 aliphatic rings. The van der Waals surface area contributed by atoms with Crippen LogP contribution in [-0.4, -0.2) is 39.7 Å². The van der Waals surface area contributed by atoms with E-state index in [1.54, 1.807) is 0 Å². The Labute approximate surface area is 295 Å². The van der Waals surface area contributed by atoms with E-state index in [1.165, 1.54) is 186 Å². The SMILES string of the molecule is CCO[Si](CCCCCCCCCCCCCCCCCCCCCCCCCCCCCCCCCCC(=O)O)(OCC)OCC. The monoisotopic (exact) mass is 685 g/mol. The van der Waals surface area contributed by atoms with Crippen LogP contribution in [0.1, 0.15) is 233 Å². The predicted octanol–water partition coefficient (Wildman–Crippen LogP) is 14.0. The van der Waals surface area contributed by atoms with Gasteiger partial charge in [0.2, 0.25) is 0 Å². The topological polar surface area (TPSA) is 65.0 Å². The Morgan fingerprint density at radius 1 is 0.362 bits per heavy atom. The molecule has 1 N–H and O–H groups in total. The summed E-state index contributed by atoms with van der Waals surface area (Å²) in [5.41, 5.74) is 0. The third-order valence-electron chi connectivity index (χ3n) is 9.72. The van der Waals surface area contributed by atoms with Gasteiger partial charge in [-0.3, -0.25) is 4.79 Å². The summed E-state index contributed by atoms with van der Waals surface area (Å²) in [6.07, 6.45) is 44.3. The molecule has 0 spiro atoms. The van der Waals surface area contributed by atoms with Gasteiger partial charge < -0.3 is 18.4 Å². The van der Waals surface area contributed by atoms with E-state index in [0.717, 1.165) is 25.3 Å². The minimum Gasteiger partial charge on any atom is -0.481 e. The van der Waals surface area contributed by atoms with E-state index in [-0.39, 0.29) is 0 Å². The van der Waals surface area contributed by atoms with Gasteiger partial charge in [-0.25, -0.2) is 0 Å². The van der Waals surface area contributed by atoms with Crippen LogP contribution in [0.4, 0.5) is 0 Å². The molecule has 0 aromatic heterocycles. The minimum atomic E-state index is -2.43. The first-order valence-corrected chi connectivity index (χ1v) is 23.2. The Kier molecular flexibility index (Phi) is 38.0. The zero-order valence-electron chi connectivity index (χ0n) is 32.2. The molecular weight excluding hydrogens is 601 g/mol. The van der Waals surface area contributed by atoms with Gasteiger partial charge in [-0.05, 0) is 33.6 Å². The summed E-state index contributed by atoms with van der Waals surface area (Å²) in [4.78, 5) is 10.5. The molecule has 0 atom stereocenters. The fraction of sp³-hybridized carbons (Fsp3) is 0.976. The molecule has 282 valence electrons. The van der Waals surface area contributed by atoms with E-state index in [4.69, 9.17) is 18.4 Å². The maximum absolute atomic E-state index is 10.5. The summed E-state index contributed by atoms with van der Waals surface area (Å²) in [6, 6.07) is 0.967. The summed E-state index contributed by atoms with van der Waals surface area (Å²) in [5.74, 6) is -0.651. The van der Waals surface area contributed by atoms with E-state index < -0.39 is 14.8 Å². The fourth-order valence-corrected chi connectivity index (χ4v) is 9.61. The molecule has 0 fully saturated rings. The summed E-state index contributed by atoms with van der Waals surface area (Å²) in [5, 5.41) is 8.65. The standard InChI is InChI=1S/C41H84O5Si/c1-4-44-47(45-5-2,46-6-3)40-38-36-34-32-30-28-26-24-22-20-18-16-14-12-10-8-7-9-11-13-15-17-19-21-23-25-27-29-31-33-35-37-39-41(42)43/h4-40H2,1-3H3,(H,42,43). The van der Waals surface area contributed by atoms with E-state index >= 15 is 0 Å². The zero-order valence-corrected chi connectivity index (χ0v) is 33.2. The third-order valence-corrected chi connectivity index (χ3v) is 12.9. The van der Waals surface area contributed by atoms with Gasteiger partial charge in [0.15, 0.2) is 0 Å². The van der Waals surface area contributed by atoms with Crippen LogP contribution in [0.5, 0.6) is 0 Å². The summed E-state index contributed by atoms with van der Waals surface area (Å²) in [7, 11) is -2.43. The minimum absolute atomic E-state index is 0.342. The smallest absolute Gasteiger partial charge is 0.481 e. The highest BCUT2D eigenvalue weighted by Crippen LogP contribution is 2.21. The highest BCUT2D eigenvalue weighted by molar-refractivity contribution is 6.60. The molecule has 6 heteroatoms. The van der Waals surface area contributed by atoms with Gasteiger partial charge in [0.05, 0.1) is 0 Å². The highest BCUT2D eigenvalue weighted by atomic mass is 28.4. The average Bonchev–Trinajstić information content (AvgIpc) is 3.05. The second kappa shape index (κ2) is 38.4. The molecule has 0 aliphatic carbocycles. The molecule has 0 saturated heterocycles. The molecule has 0 rings (SSSR count). The molecule has 0 unspecified atom stereocenters. The van der Waals surface area contributed by atoms with Crippen molar-refractivity contribution in [2.75, 3.05) is 19.8 Å². The normalized spacial score (nSPS) is 11.9.